The summed E-state index contributed by atoms with van der Waals surface area (Å²) in [6.45, 7) is 5.13. The maximum absolute atomic E-state index is 11.2. The molecule has 6 nitrogen and oxygen atoms in total. The molecule has 1 heterocycles. The Bertz CT molecular complexity index is 419. The molecule has 0 fully saturated rings. The topological polar surface area (TPSA) is 93.4 Å². The Balaban J connectivity index is 0. The van der Waals surface area contributed by atoms with Crippen LogP contribution < -0.4 is 37.7 Å². The van der Waals surface area contributed by atoms with E-state index < -0.39 is 22.8 Å². The Morgan fingerprint density at radius 3 is 2.44 bits per heavy atom. The van der Waals surface area contributed by atoms with Gasteiger partial charge in [0.2, 0.25) is 0 Å². The number of thiazole rings is 1. The molecule has 1 aromatic rings. The van der Waals surface area contributed by atoms with E-state index >= 15 is 0 Å². The normalized spacial score (nSPS) is 11.8. The summed E-state index contributed by atoms with van der Waals surface area (Å²) in [5.41, 5.74) is -0.637. The van der Waals surface area contributed by atoms with Crippen LogP contribution in [0, 0.1) is 0 Å². The molecule has 1 aromatic heterocycles. The second-order valence-electron chi connectivity index (χ2n) is 3.80. The third kappa shape index (κ3) is 7.60. The molecule has 0 aliphatic heterocycles. The van der Waals surface area contributed by atoms with Crippen molar-refractivity contribution in [3.63, 3.8) is 0 Å². The summed E-state index contributed by atoms with van der Waals surface area (Å²) in [5.74, 6) is 0. The SMILES string of the molecule is CC(C)(C)OC(=O)[N-]c1nc(S(=O)[O-])cs1.[Li+].[Li+]. The van der Waals surface area contributed by atoms with Gasteiger partial charge in [0, 0.05) is 15.5 Å². The molecule has 0 bridgehead atoms. The standard InChI is InChI=1S/C8H12N2O4S2.2Li/c1-8(2,3)14-7(11)10-6-9-5(4-15-6)16(12)13;;/h4H,1-3H3,(H2,9,10,11,12,13);;/q;2*+1/p-2. The summed E-state index contributed by atoms with van der Waals surface area (Å²) in [6, 6.07) is 0. The molecular formula is C8H10Li2N2O4S2. The van der Waals surface area contributed by atoms with E-state index in [1.165, 1.54) is 5.38 Å². The van der Waals surface area contributed by atoms with Crippen molar-refractivity contribution in [1.29, 1.82) is 0 Å². The molecule has 0 aliphatic carbocycles. The van der Waals surface area contributed by atoms with Gasteiger partial charge < -0.3 is 19.6 Å². The summed E-state index contributed by atoms with van der Waals surface area (Å²) in [5, 5.41) is 4.75. The molecule has 10 heteroatoms. The predicted molar refractivity (Wildman–Crippen MR) is 58.6 cm³/mol. The van der Waals surface area contributed by atoms with Crippen LogP contribution in [0.15, 0.2) is 10.4 Å². The summed E-state index contributed by atoms with van der Waals surface area (Å²) in [6.07, 6.45) is -0.787. The predicted octanol–water partition coefficient (Wildman–Crippen LogP) is -3.67. The van der Waals surface area contributed by atoms with E-state index in [9.17, 15) is 13.6 Å². The number of hydrogen-bond acceptors (Lipinski definition) is 6. The van der Waals surface area contributed by atoms with Crippen molar-refractivity contribution in [3.8, 4) is 0 Å². The minimum atomic E-state index is -2.40. The molecule has 1 atom stereocenters. The molecule has 0 N–H and O–H groups in total. The van der Waals surface area contributed by atoms with E-state index in [1.807, 2.05) is 0 Å². The molecule has 0 aliphatic rings. The van der Waals surface area contributed by atoms with Gasteiger partial charge in [0.25, 0.3) is 0 Å². The van der Waals surface area contributed by atoms with Crippen molar-refractivity contribution >= 4 is 33.6 Å². The molecule has 0 saturated heterocycles. The number of aromatic nitrogens is 1. The summed E-state index contributed by atoms with van der Waals surface area (Å²) < 4.78 is 25.9. The Hall–Kier alpha value is 0.205. The van der Waals surface area contributed by atoms with Crippen molar-refractivity contribution in [2.45, 2.75) is 31.4 Å². The van der Waals surface area contributed by atoms with Crippen molar-refractivity contribution in [1.82, 2.24) is 4.98 Å². The zero-order chi connectivity index (χ0) is 12.3. The van der Waals surface area contributed by atoms with Gasteiger partial charge in [-0.15, -0.1) is 0 Å². The minimum Gasteiger partial charge on any atom is -0.769 e. The van der Waals surface area contributed by atoms with Crippen molar-refractivity contribution in [2.24, 2.45) is 0 Å². The molecule has 18 heavy (non-hydrogen) atoms. The average Bonchev–Trinajstić information content (AvgIpc) is 2.48. The average molecular weight is 276 g/mol. The second kappa shape index (κ2) is 8.39. The first-order valence-electron chi connectivity index (χ1n) is 4.27. The number of nitrogens with zero attached hydrogens (tertiary/aromatic N) is 2. The van der Waals surface area contributed by atoms with Crippen LogP contribution in [0.25, 0.3) is 5.32 Å². The van der Waals surface area contributed by atoms with Gasteiger partial charge >= 0.3 is 43.8 Å². The van der Waals surface area contributed by atoms with Crippen molar-refractivity contribution in [2.75, 3.05) is 0 Å². The van der Waals surface area contributed by atoms with Crippen LogP contribution in [0.1, 0.15) is 20.8 Å². The van der Waals surface area contributed by atoms with E-state index in [0.717, 1.165) is 11.3 Å². The van der Waals surface area contributed by atoms with Gasteiger partial charge in [-0.2, -0.15) is 11.3 Å². The zero-order valence-corrected chi connectivity index (χ0v) is 12.6. The fourth-order valence-electron chi connectivity index (χ4n) is 0.741. The third-order valence-electron chi connectivity index (χ3n) is 1.22. The van der Waals surface area contributed by atoms with Crippen LogP contribution in [-0.2, 0) is 15.8 Å². The van der Waals surface area contributed by atoms with Gasteiger partial charge in [0.15, 0.2) is 0 Å². The Morgan fingerprint density at radius 1 is 1.50 bits per heavy atom. The van der Waals surface area contributed by atoms with Gasteiger partial charge in [-0.3, -0.25) is 9.00 Å². The van der Waals surface area contributed by atoms with E-state index in [4.69, 9.17) is 4.74 Å². The number of carbonyl (C=O) groups is 1. The van der Waals surface area contributed by atoms with E-state index in [2.05, 4.69) is 10.3 Å². The van der Waals surface area contributed by atoms with Crippen LogP contribution in [0.4, 0.5) is 9.93 Å². The smallest absolute Gasteiger partial charge is 0.769 e. The number of amides is 1. The van der Waals surface area contributed by atoms with Crippen LogP contribution in [0.2, 0.25) is 0 Å². The van der Waals surface area contributed by atoms with Crippen LogP contribution in [0.5, 0.6) is 0 Å². The molecule has 0 saturated carbocycles. The van der Waals surface area contributed by atoms with Crippen molar-refractivity contribution in [3.05, 3.63) is 10.7 Å². The van der Waals surface area contributed by atoms with E-state index in [0.29, 0.717) is 0 Å². The maximum atomic E-state index is 11.2. The Kier molecular flexibility index (Phi) is 9.57. The number of ether oxygens (including phenoxy) is 1. The summed E-state index contributed by atoms with van der Waals surface area (Å²) in [7, 11) is 0. The molecule has 0 spiro atoms. The molecule has 1 amide bonds. The van der Waals surface area contributed by atoms with Gasteiger partial charge in [-0.25, -0.2) is 0 Å². The third-order valence-corrected chi connectivity index (χ3v) is 2.66. The molecule has 1 unspecified atom stereocenters. The first-order valence-corrected chi connectivity index (χ1v) is 6.23. The van der Waals surface area contributed by atoms with Crippen LogP contribution in [0.3, 0.4) is 0 Å². The minimum absolute atomic E-state index is 0. The quantitative estimate of drug-likeness (QED) is 0.410. The number of hydrogen-bond donors (Lipinski definition) is 0. The van der Waals surface area contributed by atoms with E-state index in [1.54, 1.807) is 20.8 Å². The Morgan fingerprint density at radius 2 is 2.06 bits per heavy atom. The summed E-state index contributed by atoms with van der Waals surface area (Å²) in [4.78, 5) is 14.8. The fourth-order valence-corrected chi connectivity index (χ4v) is 1.96. The second-order valence-corrected chi connectivity index (χ2v) is 5.52. The molecule has 0 aromatic carbocycles. The van der Waals surface area contributed by atoms with Gasteiger partial charge in [-0.1, -0.05) is 0 Å². The van der Waals surface area contributed by atoms with E-state index in [-0.39, 0.29) is 47.9 Å². The molecule has 0 radical (unpaired) electrons. The largest absolute Gasteiger partial charge is 1.00 e. The molecular weight excluding hydrogens is 266 g/mol. The van der Waals surface area contributed by atoms with Gasteiger partial charge in [-0.05, 0) is 31.9 Å². The Labute approximate surface area is 136 Å². The fraction of sp³-hybridized carbons (Fsp3) is 0.500. The van der Waals surface area contributed by atoms with Crippen LogP contribution in [-0.4, -0.2) is 25.4 Å². The van der Waals surface area contributed by atoms with Crippen LogP contribution >= 0.6 is 11.3 Å². The zero-order valence-electron chi connectivity index (χ0n) is 10.9. The number of carbonyl (C=O) groups excluding carboxylic acids is 1. The first-order chi connectivity index (χ1) is 7.28. The monoisotopic (exact) mass is 276 g/mol. The first kappa shape index (κ1) is 20.5. The van der Waals surface area contributed by atoms with Gasteiger partial charge in [0.05, 0.1) is 0 Å². The maximum Gasteiger partial charge on any atom is 1.00 e. The number of rotatable bonds is 2. The van der Waals surface area contributed by atoms with Crippen molar-refractivity contribution < 1.29 is 56.0 Å². The summed E-state index contributed by atoms with van der Waals surface area (Å²) >= 11 is -1.44. The molecule has 90 valence electrons. The van der Waals surface area contributed by atoms with Gasteiger partial charge in [0.1, 0.15) is 5.60 Å². The molecule has 1 rings (SSSR count).